The summed E-state index contributed by atoms with van der Waals surface area (Å²) in [7, 11) is 0. The van der Waals surface area contributed by atoms with Gasteiger partial charge in [0.15, 0.2) is 17.6 Å². The van der Waals surface area contributed by atoms with Crippen LogP contribution in [-0.4, -0.2) is 36.2 Å². The van der Waals surface area contributed by atoms with E-state index in [9.17, 15) is 9.59 Å². The number of para-hydroxylation sites is 1. The van der Waals surface area contributed by atoms with E-state index in [1.807, 2.05) is 24.3 Å². The molecule has 2 aromatic carbocycles. The molecule has 0 radical (unpaired) electrons. The Balaban J connectivity index is 1.42. The van der Waals surface area contributed by atoms with Gasteiger partial charge in [0.25, 0.3) is 5.91 Å². The van der Waals surface area contributed by atoms with Gasteiger partial charge in [-0.3, -0.25) is 4.79 Å². The predicted molar refractivity (Wildman–Crippen MR) is 99.2 cm³/mol. The number of hydrogen-bond donors (Lipinski definition) is 2. The topological polar surface area (TPSA) is 89.7 Å². The molecule has 7 heteroatoms. The quantitative estimate of drug-likeness (QED) is 0.693. The number of esters is 1. The van der Waals surface area contributed by atoms with Crippen LogP contribution < -0.4 is 14.8 Å². The molecule has 1 atom stereocenters. The molecule has 0 unspecified atom stereocenters. The molecule has 1 amide bonds. The summed E-state index contributed by atoms with van der Waals surface area (Å²) in [5.74, 6) is 0.220. The van der Waals surface area contributed by atoms with Crippen LogP contribution in [0.15, 0.2) is 48.7 Å². The first kappa shape index (κ1) is 17.0. The molecule has 1 aliphatic rings. The fraction of sp³-hybridized carbons (Fsp3) is 0.200. The van der Waals surface area contributed by atoms with Crippen molar-refractivity contribution in [3.05, 3.63) is 54.2 Å². The number of rotatable bonds is 4. The highest BCUT2D eigenvalue weighted by Gasteiger charge is 2.22. The molecule has 0 aliphatic carbocycles. The number of ether oxygens (including phenoxy) is 3. The Labute approximate surface area is 155 Å². The second-order valence-corrected chi connectivity index (χ2v) is 6.14. The van der Waals surface area contributed by atoms with E-state index in [4.69, 9.17) is 14.2 Å². The first-order chi connectivity index (χ1) is 13.1. The maximum atomic E-state index is 12.4. The normalized spacial score (nSPS) is 13.8. The van der Waals surface area contributed by atoms with Crippen molar-refractivity contribution in [2.45, 2.75) is 13.0 Å². The van der Waals surface area contributed by atoms with E-state index in [0.29, 0.717) is 36.0 Å². The molecular formula is C20H18N2O5. The molecule has 27 heavy (non-hydrogen) atoms. The van der Waals surface area contributed by atoms with Crippen molar-refractivity contribution in [3.8, 4) is 11.5 Å². The van der Waals surface area contributed by atoms with Crippen LogP contribution in [0.3, 0.4) is 0 Å². The first-order valence-electron chi connectivity index (χ1n) is 8.59. The maximum absolute atomic E-state index is 12.4. The summed E-state index contributed by atoms with van der Waals surface area (Å²) in [6, 6.07) is 12.5. The van der Waals surface area contributed by atoms with Crippen LogP contribution in [-0.2, 0) is 9.53 Å². The minimum atomic E-state index is -0.959. The van der Waals surface area contributed by atoms with Crippen molar-refractivity contribution < 1.29 is 23.8 Å². The lowest BCUT2D eigenvalue weighted by molar-refractivity contribution is -0.123. The van der Waals surface area contributed by atoms with Crippen LogP contribution in [0.2, 0.25) is 0 Å². The molecule has 1 aliphatic heterocycles. The van der Waals surface area contributed by atoms with Gasteiger partial charge in [-0.2, -0.15) is 0 Å². The van der Waals surface area contributed by atoms with Gasteiger partial charge in [-0.15, -0.1) is 0 Å². The highest BCUT2D eigenvalue weighted by molar-refractivity contribution is 6.05. The lowest BCUT2D eigenvalue weighted by Crippen LogP contribution is -2.30. The number of carbonyl (C=O) groups is 2. The summed E-state index contributed by atoms with van der Waals surface area (Å²) in [6.45, 7) is 2.49. The van der Waals surface area contributed by atoms with Gasteiger partial charge in [-0.1, -0.05) is 18.2 Å². The molecule has 0 spiro atoms. The maximum Gasteiger partial charge on any atom is 0.341 e. The molecule has 0 fully saturated rings. The van der Waals surface area contributed by atoms with Gasteiger partial charge in [0.1, 0.15) is 13.2 Å². The van der Waals surface area contributed by atoms with Gasteiger partial charge in [-0.25, -0.2) is 4.79 Å². The molecule has 0 saturated heterocycles. The number of aromatic nitrogens is 1. The van der Waals surface area contributed by atoms with Gasteiger partial charge in [0, 0.05) is 28.9 Å². The average molecular weight is 366 g/mol. The number of benzene rings is 2. The Hall–Kier alpha value is -3.48. The number of hydrogen-bond acceptors (Lipinski definition) is 5. The third-order valence-electron chi connectivity index (χ3n) is 4.27. The minimum absolute atomic E-state index is 0.393. The SMILES string of the molecule is C[C@H](OC(=O)c1c[nH]c2ccccc12)C(=O)Nc1ccc2c(c1)OCCO2. The molecule has 0 bridgehead atoms. The summed E-state index contributed by atoms with van der Waals surface area (Å²) in [6.07, 6.45) is 0.623. The van der Waals surface area contributed by atoms with Gasteiger partial charge in [0.2, 0.25) is 0 Å². The third kappa shape index (κ3) is 3.44. The van der Waals surface area contributed by atoms with Gasteiger partial charge >= 0.3 is 5.97 Å². The highest BCUT2D eigenvalue weighted by Crippen LogP contribution is 2.32. The van der Waals surface area contributed by atoms with Crippen molar-refractivity contribution in [3.63, 3.8) is 0 Å². The smallest absolute Gasteiger partial charge is 0.341 e. The van der Waals surface area contributed by atoms with Crippen LogP contribution in [0.4, 0.5) is 5.69 Å². The van der Waals surface area contributed by atoms with Crippen molar-refractivity contribution in [1.29, 1.82) is 0 Å². The van der Waals surface area contributed by atoms with Gasteiger partial charge < -0.3 is 24.5 Å². The largest absolute Gasteiger partial charge is 0.486 e. The summed E-state index contributed by atoms with van der Waals surface area (Å²) < 4.78 is 16.3. The van der Waals surface area contributed by atoms with E-state index in [2.05, 4.69) is 10.3 Å². The average Bonchev–Trinajstić information content (AvgIpc) is 3.12. The summed E-state index contributed by atoms with van der Waals surface area (Å²) >= 11 is 0. The summed E-state index contributed by atoms with van der Waals surface area (Å²) in [5.41, 5.74) is 1.77. The lowest BCUT2D eigenvalue weighted by Gasteiger charge is -2.19. The number of anilines is 1. The number of amides is 1. The monoisotopic (exact) mass is 366 g/mol. The van der Waals surface area contributed by atoms with E-state index in [1.165, 1.54) is 6.92 Å². The molecule has 3 aromatic rings. The van der Waals surface area contributed by atoms with Crippen molar-refractivity contribution >= 4 is 28.5 Å². The molecule has 7 nitrogen and oxygen atoms in total. The number of nitrogens with one attached hydrogen (secondary N) is 2. The molecule has 138 valence electrons. The molecule has 2 N–H and O–H groups in total. The zero-order chi connectivity index (χ0) is 18.8. The van der Waals surface area contributed by atoms with Crippen LogP contribution in [0.1, 0.15) is 17.3 Å². The Morgan fingerprint density at radius 3 is 2.74 bits per heavy atom. The molecule has 1 aromatic heterocycles. The van der Waals surface area contributed by atoms with Crippen LogP contribution >= 0.6 is 0 Å². The highest BCUT2D eigenvalue weighted by atomic mass is 16.6. The Morgan fingerprint density at radius 1 is 1.11 bits per heavy atom. The lowest BCUT2D eigenvalue weighted by atomic mass is 10.2. The second kappa shape index (κ2) is 7.03. The fourth-order valence-corrected chi connectivity index (χ4v) is 2.88. The molecule has 2 heterocycles. The second-order valence-electron chi connectivity index (χ2n) is 6.14. The zero-order valence-electron chi connectivity index (χ0n) is 14.7. The Kier molecular flexibility index (Phi) is 4.42. The van der Waals surface area contributed by atoms with E-state index in [1.54, 1.807) is 24.4 Å². The van der Waals surface area contributed by atoms with E-state index in [-0.39, 0.29) is 0 Å². The van der Waals surface area contributed by atoms with Crippen molar-refractivity contribution in [2.24, 2.45) is 0 Å². The molecule has 0 saturated carbocycles. The third-order valence-corrected chi connectivity index (χ3v) is 4.27. The molecule has 4 rings (SSSR count). The predicted octanol–water partition coefficient (Wildman–Crippen LogP) is 3.12. The number of carbonyl (C=O) groups excluding carboxylic acids is 2. The number of H-pyrrole nitrogens is 1. The van der Waals surface area contributed by atoms with E-state index < -0.39 is 18.0 Å². The summed E-state index contributed by atoms with van der Waals surface area (Å²) in [5, 5.41) is 3.47. The van der Waals surface area contributed by atoms with Crippen molar-refractivity contribution in [1.82, 2.24) is 4.98 Å². The fourth-order valence-electron chi connectivity index (χ4n) is 2.88. The number of aromatic amines is 1. The van der Waals surface area contributed by atoms with Crippen LogP contribution in [0, 0.1) is 0 Å². The van der Waals surface area contributed by atoms with E-state index in [0.717, 1.165) is 10.9 Å². The Morgan fingerprint density at radius 2 is 1.89 bits per heavy atom. The molecular weight excluding hydrogens is 348 g/mol. The minimum Gasteiger partial charge on any atom is -0.486 e. The van der Waals surface area contributed by atoms with Crippen LogP contribution in [0.25, 0.3) is 10.9 Å². The van der Waals surface area contributed by atoms with Gasteiger partial charge in [-0.05, 0) is 25.1 Å². The van der Waals surface area contributed by atoms with Gasteiger partial charge in [0.05, 0.1) is 5.56 Å². The zero-order valence-corrected chi connectivity index (χ0v) is 14.7. The van der Waals surface area contributed by atoms with Crippen molar-refractivity contribution in [2.75, 3.05) is 18.5 Å². The standard InChI is InChI=1S/C20H18N2O5/c1-12(27-20(24)15-11-21-16-5-3-2-4-14(15)16)19(23)22-13-6-7-17-18(10-13)26-9-8-25-17/h2-7,10-12,21H,8-9H2,1H3,(H,22,23)/t12-/m0/s1. The van der Waals surface area contributed by atoms with Crippen LogP contribution in [0.5, 0.6) is 11.5 Å². The van der Waals surface area contributed by atoms with E-state index >= 15 is 0 Å². The summed E-state index contributed by atoms with van der Waals surface area (Å²) in [4.78, 5) is 27.8. The number of fused-ring (bicyclic) bond motifs is 2. The first-order valence-corrected chi connectivity index (χ1v) is 8.59. The Bertz CT molecular complexity index is 1010.